The van der Waals surface area contributed by atoms with E-state index in [2.05, 4.69) is 51.7 Å². The first-order valence-corrected chi connectivity index (χ1v) is 5.32. The van der Waals surface area contributed by atoms with Gasteiger partial charge in [0.15, 0.2) is 0 Å². The quantitative estimate of drug-likeness (QED) is 0.539. The second kappa shape index (κ2) is 6.02. The molecule has 0 aliphatic carbocycles. The van der Waals surface area contributed by atoms with E-state index in [0.717, 1.165) is 12.4 Å². The number of rotatable bonds is 5. The molecule has 2 N–H and O–H groups in total. The SMILES string of the molecule is CC(C)C(N)=NC(CN(C)C)C(C)C. The summed E-state index contributed by atoms with van der Waals surface area (Å²) in [5.74, 6) is 1.65. The largest absolute Gasteiger partial charge is 0.387 e. The Bertz CT molecular complexity index is 183. The predicted octanol–water partition coefficient (Wildman–Crippen LogP) is 1.59. The monoisotopic (exact) mass is 199 g/mol. The summed E-state index contributed by atoms with van der Waals surface area (Å²) in [5.41, 5.74) is 5.86. The van der Waals surface area contributed by atoms with Crippen LogP contribution in [0.15, 0.2) is 4.99 Å². The summed E-state index contributed by atoms with van der Waals surface area (Å²) >= 11 is 0. The molecule has 0 spiro atoms. The van der Waals surface area contributed by atoms with Crippen LogP contribution in [0, 0.1) is 11.8 Å². The van der Waals surface area contributed by atoms with Gasteiger partial charge in [-0.25, -0.2) is 0 Å². The Morgan fingerprint density at radius 2 is 1.71 bits per heavy atom. The highest BCUT2D eigenvalue weighted by molar-refractivity contribution is 5.82. The van der Waals surface area contributed by atoms with Gasteiger partial charge in [-0.15, -0.1) is 0 Å². The first-order chi connectivity index (χ1) is 6.34. The van der Waals surface area contributed by atoms with Crippen molar-refractivity contribution < 1.29 is 0 Å². The normalized spacial score (nSPS) is 15.6. The van der Waals surface area contributed by atoms with Gasteiger partial charge in [0.25, 0.3) is 0 Å². The zero-order valence-electron chi connectivity index (χ0n) is 10.4. The molecule has 0 aliphatic rings. The number of amidine groups is 1. The molecule has 0 aromatic carbocycles. The fourth-order valence-corrected chi connectivity index (χ4v) is 1.12. The topological polar surface area (TPSA) is 41.6 Å². The summed E-state index contributed by atoms with van der Waals surface area (Å²) < 4.78 is 0. The molecule has 0 saturated heterocycles. The number of hydrogen-bond acceptors (Lipinski definition) is 2. The maximum absolute atomic E-state index is 5.86. The predicted molar refractivity (Wildman–Crippen MR) is 63.6 cm³/mol. The van der Waals surface area contributed by atoms with Crippen molar-refractivity contribution in [3.05, 3.63) is 0 Å². The Morgan fingerprint density at radius 1 is 1.21 bits per heavy atom. The Labute approximate surface area is 88.4 Å². The van der Waals surface area contributed by atoms with Gasteiger partial charge in [-0.1, -0.05) is 27.7 Å². The third-order valence-electron chi connectivity index (χ3n) is 2.23. The molecule has 0 fully saturated rings. The molecule has 0 rings (SSSR count). The van der Waals surface area contributed by atoms with Crippen molar-refractivity contribution in [2.45, 2.75) is 33.7 Å². The summed E-state index contributed by atoms with van der Waals surface area (Å²) in [4.78, 5) is 6.72. The molecule has 0 saturated carbocycles. The molecule has 0 radical (unpaired) electrons. The van der Waals surface area contributed by atoms with E-state index >= 15 is 0 Å². The van der Waals surface area contributed by atoms with E-state index in [-0.39, 0.29) is 0 Å². The highest BCUT2D eigenvalue weighted by atomic mass is 15.1. The molecule has 1 atom stereocenters. The van der Waals surface area contributed by atoms with Crippen molar-refractivity contribution in [2.24, 2.45) is 22.6 Å². The van der Waals surface area contributed by atoms with Gasteiger partial charge >= 0.3 is 0 Å². The maximum Gasteiger partial charge on any atom is 0.0966 e. The molecule has 0 aromatic heterocycles. The highest BCUT2D eigenvalue weighted by Crippen LogP contribution is 2.08. The van der Waals surface area contributed by atoms with E-state index in [1.807, 2.05) is 0 Å². The van der Waals surface area contributed by atoms with Gasteiger partial charge in [-0.3, -0.25) is 4.99 Å². The zero-order chi connectivity index (χ0) is 11.3. The molecule has 3 heteroatoms. The van der Waals surface area contributed by atoms with Crippen LogP contribution in [0.2, 0.25) is 0 Å². The lowest BCUT2D eigenvalue weighted by molar-refractivity contribution is 0.331. The minimum atomic E-state index is 0.312. The van der Waals surface area contributed by atoms with Crippen LogP contribution in [-0.4, -0.2) is 37.4 Å². The van der Waals surface area contributed by atoms with Gasteiger partial charge < -0.3 is 10.6 Å². The molecular weight excluding hydrogens is 174 g/mol. The average molecular weight is 199 g/mol. The molecular formula is C11H25N3. The van der Waals surface area contributed by atoms with Crippen LogP contribution in [0.5, 0.6) is 0 Å². The van der Waals surface area contributed by atoms with Crippen LogP contribution in [-0.2, 0) is 0 Å². The maximum atomic E-state index is 5.86. The van der Waals surface area contributed by atoms with Crippen LogP contribution < -0.4 is 5.73 Å². The number of nitrogens with two attached hydrogens (primary N) is 1. The van der Waals surface area contributed by atoms with E-state index in [0.29, 0.717) is 17.9 Å². The Morgan fingerprint density at radius 3 is 2.00 bits per heavy atom. The van der Waals surface area contributed by atoms with Crippen molar-refractivity contribution in [3.63, 3.8) is 0 Å². The average Bonchev–Trinajstić information content (AvgIpc) is 2.01. The fraction of sp³-hybridized carbons (Fsp3) is 0.909. The summed E-state index contributed by atoms with van der Waals surface area (Å²) in [6.45, 7) is 9.49. The van der Waals surface area contributed by atoms with Crippen molar-refractivity contribution >= 4 is 5.84 Å². The third kappa shape index (κ3) is 5.22. The lowest BCUT2D eigenvalue weighted by atomic mass is 10.0. The van der Waals surface area contributed by atoms with Crippen LogP contribution in [0.1, 0.15) is 27.7 Å². The molecule has 0 amide bonds. The first-order valence-electron chi connectivity index (χ1n) is 5.32. The third-order valence-corrected chi connectivity index (χ3v) is 2.23. The molecule has 14 heavy (non-hydrogen) atoms. The van der Waals surface area contributed by atoms with E-state index in [1.54, 1.807) is 0 Å². The number of nitrogens with zero attached hydrogens (tertiary/aromatic N) is 2. The van der Waals surface area contributed by atoms with E-state index in [9.17, 15) is 0 Å². The highest BCUT2D eigenvalue weighted by Gasteiger charge is 2.14. The minimum Gasteiger partial charge on any atom is -0.387 e. The van der Waals surface area contributed by atoms with Gasteiger partial charge in [0.05, 0.1) is 11.9 Å². The first kappa shape index (κ1) is 13.4. The fourth-order valence-electron chi connectivity index (χ4n) is 1.12. The molecule has 0 aromatic rings. The van der Waals surface area contributed by atoms with Crippen molar-refractivity contribution in [1.82, 2.24) is 4.90 Å². The summed E-state index contributed by atoms with van der Waals surface area (Å²) in [6.07, 6.45) is 0. The molecule has 0 heterocycles. The lowest BCUT2D eigenvalue weighted by Gasteiger charge is -2.22. The lowest BCUT2D eigenvalue weighted by Crippen LogP contribution is -2.32. The molecule has 1 unspecified atom stereocenters. The van der Waals surface area contributed by atoms with Crippen molar-refractivity contribution in [2.75, 3.05) is 20.6 Å². The zero-order valence-corrected chi connectivity index (χ0v) is 10.4. The number of aliphatic imine (C=N–C) groups is 1. The van der Waals surface area contributed by atoms with Crippen LogP contribution in [0.4, 0.5) is 0 Å². The number of hydrogen-bond donors (Lipinski definition) is 1. The molecule has 3 nitrogen and oxygen atoms in total. The Balaban J connectivity index is 4.43. The van der Waals surface area contributed by atoms with E-state index in [4.69, 9.17) is 5.73 Å². The Kier molecular flexibility index (Phi) is 5.77. The smallest absolute Gasteiger partial charge is 0.0966 e. The van der Waals surface area contributed by atoms with Gasteiger partial charge in [-0.05, 0) is 20.0 Å². The second-order valence-corrected chi connectivity index (χ2v) is 4.78. The molecule has 0 aliphatic heterocycles. The van der Waals surface area contributed by atoms with E-state index in [1.165, 1.54) is 0 Å². The Hall–Kier alpha value is -0.570. The second-order valence-electron chi connectivity index (χ2n) is 4.78. The number of likely N-dealkylation sites (N-methyl/N-ethyl adjacent to an activating group) is 1. The van der Waals surface area contributed by atoms with Crippen LogP contribution >= 0.6 is 0 Å². The summed E-state index contributed by atoms with van der Waals surface area (Å²) in [5, 5.41) is 0. The summed E-state index contributed by atoms with van der Waals surface area (Å²) in [7, 11) is 4.13. The molecule has 0 bridgehead atoms. The van der Waals surface area contributed by atoms with Crippen molar-refractivity contribution in [1.29, 1.82) is 0 Å². The van der Waals surface area contributed by atoms with Gasteiger partial charge in [0, 0.05) is 12.5 Å². The van der Waals surface area contributed by atoms with Gasteiger partial charge in [-0.2, -0.15) is 0 Å². The van der Waals surface area contributed by atoms with Gasteiger partial charge in [0.1, 0.15) is 0 Å². The summed E-state index contributed by atoms with van der Waals surface area (Å²) in [6, 6.07) is 0.312. The van der Waals surface area contributed by atoms with Crippen LogP contribution in [0.3, 0.4) is 0 Å². The molecule has 84 valence electrons. The van der Waals surface area contributed by atoms with E-state index < -0.39 is 0 Å². The van der Waals surface area contributed by atoms with Gasteiger partial charge in [0.2, 0.25) is 0 Å². The van der Waals surface area contributed by atoms with Crippen LogP contribution in [0.25, 0.3) is 0 Å². The minimum absolute atomic E-state index is 0.312. The van der Waals surface area contributed by atoms with Crippen molar-refractivity contribution in [3.8, 4) is 0 Å². The standard InChI is InChI=1S/C11H25N3/c1-8(2)10(7-14(5)6)13-11(12)9(3)4/h8-10H,7H2,1-6H3,(H2,12,13).